The predicted molar refractivity (Wildman–Crippen MR) is 77.1 cm³/mol. The first-order valence-corrected chi connectivity index (χ1v) is 6.83. The van der Waals surface area contributed by atoms with Gasteiger partial charge >= 0.3 is 5.97 Å². The average Bonchev–Trinajstić information content (AvgIpc) is 2.95. The zero-order valence-electron chi connectivity index (χ0n) is 12.6. The number of benzene rings is 1. The Hall–Kier alpha value is -1.95. The smallest absolute Gasteiger partial charge is 0.307 e. The van der Waals surface area contributed by atoms with Crippen LogP contribution in [0, 0.1) is 5.92 Å². The summed E-state index contributed by atoms with van der Waals surface area (Å²) >= 11 is 0. The molecule has 2 rings (SSSR count). The van der Waals surface area contributed by atoms with Crippen molar-refractivity contribution in [2.45, 2.75) is 13.0 Å². The van der Waals surface area contributed by atoms with Gasteiger partial charge in [-0.15, -0.1) is 0 Å². The highest BCUT2D eigenvalue weighted by atomic mass is 16.5. The Morgan fingerprint density at radius 3 is 2.33 bits per heavy atom. The van der Waals surface area contributed by atoms with Gasteiger partial charge in [0.2, 0.25) is 0 Å². The number of carboxylic acids is 1. The molecule has 0 saturated carbocycles. The van der Waals surface area contributed by atoms with E-state index in [1.807, 2.05) is 6.07 Å². The van der Waals surface area contributed by atoms with E-state index in [4.69, 9.17) is 19.3 Å². The number of methoxy groups -OCH3 is 3. The maximum Gasteiger partial charge on any atom is 0.307 e. The molecule has 6 nitrogen and oxygen atoms in total. The Kier molecular flexibility index (Phi) is 4.90. The highest BCUT2D eigenvalue weighted by Crippen LogP contribution is 2.35. The quantitative estimate of drug-likeness (QED) is 0.860. The van der Waals surface area contributed by atoms with Crippen LogP contribution >= 0.6 is 0 Å². The summed E-state index contributed by atoms with van der Waals surface area (Å²) in [4.78, 5) is 13.1. The van der Waals surface area contributed by atoms with E-state index < -0.39 is 5.97 Å². The van der Waals surface area contributed by atoms with Gasteiger partial charge in [-0.25, -0.2) is 0 Å². The minimum absolute atomic E-state index is 0.281. The lowest BCUT2D eigenvalue weighted by atomic mass is 10.1. The minimum Gasteiger partial charge on any atom is -0.496 e. The number of rotatable bonds is 6. The number of hydrogen-bond donors (Lipinski definition) is 1. The SMILES string of the molecule is COc1cc(OC)c(OC)cc1CN1CCC(C(=O)O)C1. The standard InChI is InChI=1S/C15H21NO5/c1-19-12-7-14(21-3)13(20-2)6-11(12)9-16-5-4-10(8-16)15(17)18/h6-7,10H,4-5,8-9H2,1-3H3,(H,17,18). The van der Waals surface area contributed by atoms with Crippen LogP contribution in [0.4, 0.5) is 0 Å². The molecule has 1 saturated heterocycles. The number of carboxylic acid groups (broad SMARTS) is 1. The number of carbonyl (C=O) groups is 1. The number of likely N-dealkylation sites (tertiary alicyclic amines) is 1. The van der Waals surface area contributed by atoms with Crippen LogP contribution < -0.4 is 14.2 Å². The molecule has 0 bridgehead atoms. The number of aliphatic carboxylic acids is 1. The van der Waals surface area contributed by atoms with Crippen LogP contribution in [0.3, 0.4) is 0 Å². The Morgan fingerprint density at radius 1 is 1.19 bits per heavy atom. The van der Waals surface area contributed by atoms with Crippen molar-refractivity contribution in [3.05, 3.63) is 17.7 Å². The Labute approximate surface area is 124 Å². The molecule has 0 amide bonds. The van der Waals surface area contributed by atoms with Crippen LogP contribution in [-0.2, 0) is 11.3 Å². The second-order valence-electron chi connectivity index (χ2n) is 5.08. The molecule has 21 heavy (non-hydrogen) atoms. The van der Waals surface area contributed by atoms with Crippen molar-refractivity contribution in [2.75, 3.05) is 34.4 Å². The summed E-state index contributed by atoms with van der Waals surface area (Å²) in [6.07, 6.45) is 0.685. The molecule has 0 radical (unpaired) electrons. The van der Waals surface area contributed by atoms with Crippen molar-refractivity contribution in [3.63, 3.8) is 0 Å². The molecule has 1 unspecified atom stereocenters. The minimum atomic E-state index is -0.725. The Morgan fingerprint density at radius 2 is 1.81 bits per heavy atom. The fourth-order valence-electron chi connectivity index (χ4n) is 2.63. The molecule has 0 spiro atoms. The molecule has 1 aliphatic rings. The molecule has 1 fully saturated rings. The zero-order valence-corrected chi connectivity index (χ0v) is 12.6. The summed E-state index contributed by atoms with van der Waals surface area (Å²) < 4.78 is 16.0. The van der Waals surface area contributed by atoms with Crippen molar-refractivity contribution in [2.24, 2.45) is 5.92 Å². The van der Waals surface area contributed by atoms with Gasteiger partial charge in [0.1, 0.15) is 5.75 Å². The predicted octanol–water partition coefficient (Wildman–Crippen LogP) is 1.62. The van der Waals surface area contributed by atoms with Gasteiger partial charge in [-0.2, -0.15) is 0 Å². The molecule has 1 aromatic carbocycles. The Bertz CT molecular complexity index is 517. The number of nitrogens with zero attached hydrogens (tertiary/aromatic N) is 1. The van der Waals surface area contributed by atoms with Gasteiger partial charge in [-0.3, -0.25) is 9.69 Å². The lowest BCUT2D eigenvalue weighted by molar-refractivity contribution is -0.141. The van der Waals surface area contributed by atoms with E-state index >= 15 is 0 Å². The summed E-state index contributed by atoms with van der Waals surface area (Å²) in [5.41, 5.74) is 0.959. The monoisotopic (exact) mass is 295 g/mol. The van der Waals surface area contributed by atoms with Gasteiger partial charge in [-0.1, -0.05) is 0 Å². The van der Waals surface area contributed by atoms with Crippen LogP contribution in [0.25, 0.3) is 0 Å². The second kappa shape index (κ2) is 6.67. The fourth-order valence-corrected chi connectivity index (χ4v) is 2.63. The fraction of sp³-hybridized carbons (Fsp3) is 0.533. The molecule has 116 valence electrons. The average molecular weight is 295 g/mol. The number of ether oxygens (including phenoxy) is 3. The third-order valence-corrected chi connectivity index (χ3v) is 3.80. The van der Waals surface area contributed by atoms with Crippen molar-refractivity contribution in [1.29, 1.82) is 0 Å². The van der Waals surface area contributed by atoms with E-state index in [2.05, 4.69) is 4.90 Å². The summed E-state index contributed by atoms with van der Waals surface area (Å²) in [5, 5.41) is 9.06. The van der Waals surface area contributed by atoms with Crippen LogP contribution in [-0.4, -0.2) is 50.4 Å². The second-order valence-corrected chi connectivity index (χ2v) is 5.08. The molecular formula is C15H21NO5. The molecule has 1 aromatic rings. The van der Waals surface area contributed by atoms with Crippen LogP contribution in [0.15, 0.2) is 12.1 Å². The van der Waals surface area contributed by atoms with Crippen LogP contribution in [0.2, 0.25) is 0 Å². The lowest BCUT2D eigenvalue weighted by Crippen LogP contribution is -2.23. The number of hydrogen-bond acceptors (Lipinski definition) is 5. The first kappa shape index (κ1) is 15.4. The lowest BCUT2D eigenvalue weighted by Gasteiger charge is -2.19. The summed E-state index contributed by atoms with van der Waals surface area (Å²) in [6.45, 7) is 1.97. The normalized spacial score (nSPS) is 18.5. The molecule has 1 heterocycles. The molecule has 0 aromatic heterocycles. The maximum atomic E-state index is 11.0. The van der Waals surface area contributed by atoms with Crippen LogP contribution in [0.5, 0.6) is 17.2 Å². The highest BCUT2D eigenvalue weighted by Gasteiger charge is 2.28. The largest absolute Gasteiger partial charge is 0.496 e. The maximum absolute atomic E-state index is 11.0. The summed E-state index contributed by atoms with van der Waals surface area (Å²) in [7, 11) is 4.77. The van der Waals surface area contributed by atoms with Crippen LogP contribution in [0.1, 0.15) is 12.0 Å². The molecule has 1 atom stereocenters. The molecule has 1 N–H and O–H groups in total. The van der Waals surface area contributed by atoms with E-state index in [-0.39, 0.29) is 5.92 Å². The van der Waals surface area contributed by atoms with Gasteiger partial charge < -0.3 is 19.3 Å². The van der Waals surface area contributed by atoms with E-state index in [1.165, 1.54) is 0 Å². The topological polar surface area (TPSA) is 68.2 Å². The molecular weight excluding hydrogens is 274 g/mol. The van der Waals surface area contributed by atoms with E-state index in [0.29, 0.717) is 36.8 Å². The van der Waals surface area contributed by atoms with Crippen molar-refractivity contribution >= 4 is 5.97 Å². The van der Waals surface area contributed by atoms with Crippen molar-refractivity contribution in [1.82, 2.24) is 4.90 Å². The van der Waals surface area contributed by atoms with Crippen molar-refractivity contribution in [3.8, 4) is 17.2 Å². The van der Waals surface area contributed by atoms with Gasteiger partial charge in [-0.05, 0) is 19.0 Å². The van der Waals surface area contributed by atoms with E-state index in [0.717, 1.165) is 12.1 Å². The van der Waals surface area contributed by atoms with E-state index in [9.17, 15) is 4.79 Å². The van der Waals surface area contributed by atoms with Gasteiger partial charge in [0.05, 0.1) is 27.2 Å². The molecule has 0 aliphatic carbocycles. The first-order valence-electron chi connectivity index (χ1n) is 6.83. The van der Waals surface area contributed by atoms with Gasteiger partial charge in [0.25, 0.3) is 0 Å². The highest BCUT2D eigenvalue weighted by molar-refractivity contribution is 5.70. The first-order chi connectivity index (χ1) is 10.1. The third kappa shape index (κ3) is 3.39. The third-order valence-electron chi connectivity index (χ3n) is 3.80. The summed E-state index contributed by atoms with van der Waals surface area (Å²) in [6, 6.07) is 3.67. The summed E-state index contributed by atoms with van der Waals surface area (Å²) in [5.74, 6) is 0.963. The zero-order chi connectivity index (χ0) is 15.4. The van der Waals surface area contributed by atoms with E-state index in [1.54, 1.807) is 27.4 Å². The van der Waals surface area contributed by atoms with Gasteiger partial charge in [0.15, 0.2) is 11.5 Å². The molecule has 6 heteroatoms. The van der Waals surface area contributed by atoms with Gasteiger partial charge in [0, 0.05) is 24.7 Å². The molecule has 1 aliphatic heterocycles. The van der Waals surface area contributed by atoms with Crippen molar-refractivity contribution < 1.29 is 24.1 Å². The Balaban J connectivity index is 2.17.